The normalized spacial score (nSPS) is 11.7. The van der Waals surface area contributed by atoms with Gasteiger partial charge in [0.1, 0.15) is 12.7 Å². The molecule has 2 aromatic heterocycles. The molecular formula is C16H16N6O. The molecule has 7 heteroatoms. The van der Waals surface area contributed by atoms with Crippen molar-refractivity contribution in [3.8, 4) is 5.69 Å². The molecule has 0 fully saturated rings. The lowest BCUT2D eigenvalue weighted by Crippen LogP contribution is -2.31. The van der Waals surface area contributed by atoms with Gasteiger partial charge in [-0.3, -0.25) is 4.98 Å². The van der Waals surface area contributed by atoms with Crippen LogP contribution < -0.4 is 10.6 Å². The number of urea groups is 1. The molecule has 0 spiro atoms. The van der Waals surface area contributed by atoms with Crippen molar-refractivity contribution in [3.05, 3.63) is 67.0 Å². The van der Waals surface area contributed by atoms with Gasteiger partial charge < -0.3 is 10.6 Å². The minimum atomic E-state index is -0.272. The Kier molecular flexibility index (Phi) is 4.28. The summed E-state index contributed by atoms with van der Waals surface area (Å²) in [7, 11) is 0. The Hall–Kier alpha value is -3.22. The smallest absolute Gasteiger partial charge is 0.319 e. The topological polar surface area (TPSA) is 84.7 Å². The molecule has 2 N–H and O–H groups in total. The number of anilines is 1. The van der Waals surface area contributed by atoms with E-state index in [9.17, 15) is 4.79 Å². The third kappa shape index (κ3) is 3.70. The highest BCUT2D eigenvalue weighted by atomic mass is 16.2. The van der Waals surface area contributed by atoms with Gasteiger partial charge in [-0.15, -0.1) is 0 Å². The van der Waals surface area contributed by atoms with E-state index < -0.39 is 0 Å². The van der Waals surface area contributed by atoms with Crippen molar-refractivity contribution in [3.63, 3.8) is 0 Å². The van der Waals surface area contributed by atoms with Gasteiger partial charge in [-0.2, -0.15) is 5.10 Å². The number of benzene rings is 1. The molecule has 0 aliphatic rings. The summed E-state index contributed by atoms with van der Waals surface area (Å²) in [5.41, 5.74) is 2.56. The summed E-state index contributed by atoms with van der Waals surface area (Å²) in [6.45, 7) is 1.92. The van der Waals surface area contributed by atoms with Crippen molar-refractivity contribution in [2.45, 2.75) is 13.0 Å². The SMILES string of the molecule is CC(NC(=O)Nc1cccnc1)c1ccc(-n2cncn2)cc1. The summed E-state index contributed by atoms with van der Waals surface area (Å²) in [6.07, 6.45) is 6.37. The number of hydrogen-bond donors (Lipinski definition) is 2. The molecule has 7 nitrogen and oxygen atoms in total. The molecule has 0 radical (unpaired) electrons. The molecule has 0 bridgehead atoms. The molecule has 0 saturated carbocycles. The summed E-state index contributed by atoms with van der Waals surface area (Å²) in [5.74, 6) is 0. The van der Waals surface area contributed by atoms with Crippen molar-refractivity contribution in [1.29, 1.82) is 0 Å². The molecule has 23 heavy (non-hydrogen) atoms. The van der Waals surface area contributed by atoms with Gasteiger partial charge in [-0.05, 0) is 36.8 Å². The maximum atomic E-state index is 12.0. The zero-order valence-corrected chi connectivity index (χ0v) is 12.5. The Morgan fingerprint density at radius 2 is 2.00 bits per heavy atom. The fourth-order valence-corrected chi connectivity index (χ4v) is 2.14. The summed E-state index contributed by atoms with van der Waals surface area (Å²) >= 11 is 0. The summed E-state index contributed by atoms with van der Waals surface area (Å²) in [4.78, 5) is 19.8. The molecule has 116 valence electrons. The monoisotopic (exact) mass is 308 g/mol. The van der Waals surface area contributed by atoms with Gasteiger partial charge in [-0.1, -0.05) is 12.1 Å². The van der Waals surface area contributed by atoms with Crippen molar-refractivity contribution in [2.24, 2.45) is 0 Å². The summed E-state index contributed by atoms with van der Waals surface area (Å²) in [6, 6.07) is 10.9. The highest BCUT2D eigenvalue weighted by Gasteiger charge is 2.10. The molecule has 0 aliphatic carbocycles. The van der Waals surface area contributed by atoms with E-state index in [-0.39, 0.29) is 12.1 Å². The van der Waals surface area contributed by atoms with Gasteiger partial charge in [-0.25, -0.2) is 14.5 Å². The van der Waals surface area contributed by atoms with Crippen molar-refractivity contribution < 1.29 is 4.79 Å². The minimum absolute atomic E-state index is 0.128. The van der Waals surface area contributed by atoms with Crippen LogP contribution in [0, 0.1) is 0 Å². The first-order valence-corrected chi connectivity index (χ1v) is 7.15. The molecule has 1 aromatic carbocycles. The predicted molar refractivity (Wildman–Crippen MR) is 86.2 cm³/mol. The van der Waals surface area contributed by atoms with E-state index in [0.29, 0.717) is 5.69 Å². The van der Waals surface area contributed by atoms with Crippen LogP contribution in [0.5, 0.6) is 0 Å². The largest absolute Gasteiger partial charge is 0.331 e. The fraction of sp³-hybridized carbons (Fsp3) is 0.125. The van der Waals surface area contributed by atoms with E-state index in [2.05, 4.69) is 25.7 Å². The number of rotatable bonds is 4. The summed E-state index contributed by atoms with van der Waals surface area (Å²) < 4.78 is 1.68. The Bertz CT molecular complexity index is 755. The Balaban J connectivity index is 1.61. The molecule has 2 heterocycles. The van der Waals surface area contributed by atoms with Gasteiger partial charge >= 0.3 is 6.03 Å². The third-order valence-corrected chi connectivity index (χ3v) is 3.34. The maximum Gasteiger partial charge on any atom is 0.319 e. The number of carbonyl (C=O) groups excluding carboxylic acids is 1. The van der Waals surface area contributed by atoms with Gasteiger partial charge in [0.15, 0.2) is 0 Å². The van der Waals surface area contributed by atoms with Crippen LogP contribution in [0.2, 0.25) is 0 Å². The Labute approximate surface area is 133 Å². The lowest BCUT2D eigenvalue weighted by atomic mass is 10.1. The van der Waals surface area contributed by atoms with Crippen LogP contribution in [0.15, 0.2) is 61.4 Å². The van der Waals surface area contributed by atoms with Crippen molar-refractivity contribution in [2.75, 3.05) is 5.32 Å². The minimum Gasteiger partial charge on any atom is -0.331 e. The lowest BCUT2D eigenvalue weighted by Gasteiger charge is -2.15. The van der Waals surface area contributed by atoms with Crippen LogP contribution in [0.3, 0.4) is 0 Å². The van der Waals surface area contributed by atoms with Gasteiger partial charge in [0, 0.05) is 6.20 Å². The van der Waals surface area contributed by atoms with E-state index >= 15 is 0 Å². The van der Waals surface area contributed by atoms with E-state index in [1.165, 1.54) is 6.33 Å². The molecule has 2 amide bonds. The van der Waals surface area contributed by atoms with E-state index in [1.807, 2.05) is 31.2 Å². The molecule has 0 aliphatic heterocycles. The second kappa shape index (κ2) is 6.69. The number of amides is 2. The number of nitrogens with zero attached hydrogens (tertiary/aromatic N) is 4. The number of carbonyl (C=O) groups is 1. The van der Waals surface area contributed by atoms with Crippen LogP contribution in [0.1, 0.15) is 18.5 Å². The number of pyridine rings is 1. The van der Waals surface area contributed by atoms with Crippen LogP contribution in [0.4, 0.5) is 10.5 Å². The molecular weight excluding hydrogens is 292 g/mol. The second-order valence-corrected chi connectivity index (χ2v) is 4.99. The van der Waals surface area contributed by atoms with Gasteiger partial charge in [0.2, 0.25) is 0 Å². The first-order chi connectivity index (χ1) is 11.2. The fourth-order valence-electron chi connectivity index (χ4n) is 2.14. The first kappa shape index (κ1) is 14.7. The average Bonchev–Trinajstić information content (AvgIpc) is 3.10. The maximum absolute atomic E-state index is 12.0. The third-order valence-electron chi connectivity index (χ3n) is 3.34. The predicted octanol–water partition coefficient (Wildman–Crippen LogP) is 2.55. The highest BCUT2D eigenvalue weighted by Crippen LogP contribution is 2.15. The van der Waals surface area contributed by atoms with Gasteiger partial charge in [0.25, 0.3) is 0 Å². The van der Waals surface area contributed by atoms with E-state index in [1.54, 1.807) is 35.5 Å². The molecule has 1 atom stereocenters. The van der Waals surface area contributed by atoms with Gasteiger partial charge in [0.05, 0.1) is 23.6 Å². The van der Waals surface area contributed by atoms with Crippen LogP contribution in [0.25, 0.3) is 5.69 Å². The lowest BCUT2D eigenvalue weighted by molar-refractivity contribution is 0.249. The second-order valence-electron chi connectivity index (χ2n) is 4.99. The molecule has 3 aromatic rings. The molecule has 3 rings (SSSR count). The van der Waals surface area contributed by atoms with E-state index in [4.69, 9.17) is 0 Å². The van der Waals surface area contributed by atoms with Crippen LogP contribution in [-0.4, -0.2) is 25.8 Å². The average molecular weight is 308 g/mol. The van der Waals surface area contributed by atoms with Crippen LogP contribution >= 0.6 is 0 Å². The van der Waals surface area contributed by atoms with E-state index in [0.717, 1.165) is 11.3 Å². The summed E-state index contributed by atoms with van der Waals surface area (Å²) in [5, 5.41) is 9.70. The molecule has 0 saturated heterocycles. The number of nitrogens with one attached hydrogen (secondary N) is 2. The van der Waals surface area contributed by atoms with Crippen molar-refractivity contribution >= 4 is 11.7 Å². The van der Waals surface area contributed by atoms with Crippen LogP contribution in [-0.2, 0) is 0 Å². The number of hydrogen-bond acceptors (Lipinski definition) is 4. The Morgan fingerprint density at radius 1 is 1.17 bits per heavy atom. The number of aromatic nitrogens is 4. The van der Waals surface area contributed by atoms with Crippen molar-refractivity contribution in [1.82, 2.24) is 25.1 Å². The first-order valence-electron chi connectivity index (χ1n) is 7.15. The zero-order chi connectivity index (χ0) is 16.1. The highest BCUT2D eigenvalue weighted by molar-refractivity contribution is 5.89. The zero-order valence-electron chi connectivity index (χ0n) is 12.5. The quantitative estimate of drug-likeness (QED) is 0.775. The molecule has 1 unspecified atom stereocenters. The Morgan fingerprint density at radius 3 is 2.65 bits per heavy atom. The standard InChI is InChI=1S/C16H16N6O/c1-12(20-16(23)21-14-3-2-8-17-9-14)13-4-6-15(7-5-13)22-11-18-10-19-22/h2-12H,1H3,(H2,20,21,23).